The minimum absolute atomic E-state index is 0.0140. The minimum atomic E-state index is 0.0140. The van der Waals surface area contributed by atoms with Gasteiger partial charge in [-0.25, -0.2) is 4.68 Å². The van der Waals surface area contributed by atoms with Gasteiger partial charge in [-0.2, -0.15) is 10.1 Å². The molecule has 7 nitrogen and oxygen atoms in total. The summed E-state index contributed by atoms with van der Waals surface area (Å²) >= 11 is 1.60. The minimum Gasteiger partial charge on any atom is -0.356 e. The van der Waals surface area contributed by atoms with E-state index in [9.17, 15) is 4.79 Å². The average Bonchev–Trinajstić information content (AvgIpc) is 3.53. The van der Waals surface area contributed by atoms with Crippen LogP contribution in [0.2, 0.25) is 0 Å². The molecule has 1 aromatic carbocycles. The molecule has 30 heavy (non-hydrogen) atoms. The zero-order chi connectivity index (χ0) is 20.6. The number of nitrogens with zero attached hydrogens (tertiary/aromatic N) is 4. The number of carbonyl (C=O) groups excluding carboxylic acids is 1. The first-order valence-corrected chi connectivity index (χ1v) is 10.9. The molecule has 8 heteroatoms. The number of benzene rings is 1. The summed E-state index contributed by atoms with van der Waals surface area (Å²) < 4.78 is 7.08. The van der Waals surface area contributed by atoms with Gasteiger partial charge in [-0.05, 0) is 42.0 Å². The lowest BCUT2D eigenvalue weighted by Gasteiger charge is -2.04. The Hall–Kier alpha value is -3.26. The maximum Gasteiger partial charge on any atom is 0.226 e. The number of para-hydroxylation sites is 1. The molecule has 0 fully saturated rings. The van der Waals surface area contributed by atoms with Crippen LogP contribution in [0.1, 0.15) is 30.7 Å². The van der Waals surface area contributed by atoms with E-state index in [1.54, 1.807) is 22.2 Å². The van der Waals surface area contributed by atoms with Crippen LogP contribution in [0.25, 0.3) is 16.4 Å². The van der Waals surface area contributed by atoms with Crippen molar-refractivity contribution in [3.8, 4) is 16.4 Å². The third-order valence-corrected chi connectivity index (χ3v) is 5.49. The highest BCUT2D eigenvalue weighted by atomic mass is 32.1. The maximum atomic E-state index is 12.1. The Kier molecular flexibility index (Phi) is 6.66. The van der Waals surface area contributed by atoms with E-state index in [4.69, 9.17) is 4.52 Å². The number of thiophene rings is 1. The highest BCUT2D eigenvalue weighted by Crippen LogP contribution is 2.21. The van der Waals surface area contributed by atoms with Gasteiger partial charge < -0.3 is 9.84 Å². The molecule has 154 valence electrons. The van der Waals surface area contributed by atoms with Crippen LogP contribution in [0.5, 0.6) is 0 Å². The van der Waals surface area contributed by atoms with E-state index < -0.39 is 0 Å². The third kappa shape index (κ3) is 5.42. The zero-order valence-corrected chi connectivity index (χ0v) is 17.3. The Labute approximate surface area is 178 Å². The Bertz CT molecular complexity index is 1060. The number of hydrogen-bond acceptors (Lipinski definition) is 6. The molecular weight excluding hydrogens is 398 g/mol. The second kappa shape index (κ2) is 9.98. The number of hydrogen-bond donors (Lipinski definition) is 1. The van der Waals surface area contributed by atoms with Crippen molar-refractivity contribution in [3.05, 3.63) is 71.7 Å². The molecular formula is C22H23N5O2S. The molecule has 0 unspecified atom stereocenters. The molecule has 0 bridgehead atoms. The topological polar surface area (TPSA) is 85.8 Å². The molecule has 3 aromatic heterocycles. The molecule has 0 radical (unpaired) electrons. The van der Waals surface area contributed by atoms with E-state index in [1.165, 1.54) is 0 Å². The summed E-state index contributed by atoms with van der Waals surface area (Å²) in [6.45, 7) is 0.663. The quantitative estimate of drug-likeness (QED) is 0.390. The first-order chi connectivity index (χ1) is 14.8. The molecule has 3 heterocycles. The molecule has 4 aromatic rings. The van der Waals surface area contributed by atoms with E-state index in [0.29, 0.717) is 24.7 Å². The Morgan fingerprint density at radius 1 is 1.10 bits per heavy atom. The molecule has 0 aliphatic rings. The normalized spacial score (nSPS) is 10.9. The van der Waals surface area contributed by atoms with Gasteiger partial charge in [0, 0.05) is 19.2 Å². The monoisotopic (exact) mass is 421 g/mol. The van der Waals surface area contributed by atoms with Gasteiger partial charge >= 0.3 is 0 Å². The van der Waals surface area contributed by atoms with Crippen LogP contribution >= 0.6 is 11.3 Å². The number of carbonyl (C=O) groups is 1. The molecule has 0 saturated heterocycles. The lowest BCUT2D eigenvalue weighted by molar-refractivity contribution is -0.120. The summed E-state index contributed by atoms with van der Waals surface area (Å²) in [5.41, 5.74) is 1.88. The zero-order valence-electron chi connectivity index (χ0n) is 16.5. The van der Waals surface area contributed by atoms with Crippen molar-refractivity contribution in [1.82, 2.24) is 25.2 Å². The van der Waals surface area contributed by atoms with Gasteiger partial charge in [0.25, 0.3) is 0 Å². The van der Waals surface area contributed by atoms with Gasteiger partial charge in [0.1, 0.15) is 0 Å². The van der Waals surface area contributed by atoms with Gasteiger partial charge in [0.2, 0.25) is 17.6 Å². The van der Waals surface area contributed by atoms with Gasteiger partial charge in [-0.15, -0.1) is 11.3 Å². The third-order valence-electron chi connectivity index (χ3n) is 4.62. The SMILES string of the molecule is O=C(Cc1cnn(-c2ccccc2)c1)NCCCCCc1nc(-c2cccs2)no1. The van der Waals surface area contributed by atoms with Crippen molar-refractivity contribution < 1.29 is 9.32 Å². The molecule has 0 atom stereocenters. The van der Waals surface area contributed by atoms with Crippen LogP contribution in [0.4, 0.5) is 0 Å². The molecule has 4 rings (SSSR count). The second-order valence-electron chi connectivity index (χ2n) is 6.96. The standard InChI is InChI=1S/C22H23N5O2S/c28-20(14-17-15-24-27(16-17)18-8-3-1-4-9-18)23-12-6-2-5-11-21-25-22(26-29-21)19-10-7-13-30-19/h1,3-4,7-10,13,15-16H,2,5-6,11-12,14H2,(H,23,28). The summed E-state index contributed by atoms with van der Waals surface area (Å²) in [6.07, 6.45) is 7.58. The number of aromatic nitrogens is 4. The average molecular weight is 422 g/mol. The van der Waals surface area contributed by atoms with Gasteiger partial charge in [0.05, 0.1) is 23.2 Å². The smallest absolute Gasteiger partial charge is 0.226 e. The van der Waals surface area contributed by atoms with Crippen molar-refractivity contribution in [2.45, 2.75) is 32.1 Å². The largest absolute Gasteiger partial charge is 0.356 e. The van der Waals surface area contributed by atoms with Crippen LogP contribution in [0.15, 0.2) is 64.8 Å². The van der Waals surface area contributed by atoms with Gasteiger partial charge in [-0.3, -0.25) is 4.79 Å². The molecule has 1 amide bonds. The summed E-state index contributed by atoms with van der Waals surface area (Å²) in [7, 11) is 0. The Morgan fingerprint density at radius 2 is 2.00 bits per heavy atom. The maximum absolute atomic E-state index is 12.1. The second-order valence-corrected chi connectivity index (χ2v) is 7.90. The highest BCUT2D eigenvalue weighted by molar-refractivity contribution is 7.13. The summed E-state index contributed by atoms with van der Waals surface area (Å²) in [5, 5.41) is 13.3. The van der Waals surface area contributed by atoms with Crippen molar-refractivity contribution in [1.29, 1.82) is 0 Å². The first-order valence-electron chi connectivity index (χ1n) is 10.00. The molecule has 1 N–H and O–H groups in total. The molecule has 0 spiro atoms. The van der Waals surface area contributed by atoms with Crippen LogP contribution in [0.3, 0.4) is 0 Å². The van der Waals surface area contributed by atoms with Crippen molar-refractivity contribution in [3.63, 3.8) is 0 Å². The highest BCUT2D eigenvalue weighted by Gasteiger charge is 2.09. The fraction of sp³-hybridized carbons (Fsp3) is 0.273. The summed E-state index contributed by atoms with van der Waals surface area (Å²) in [4.78, 5) is 17.6. The van der Waals surface area contributed by atoms with Crippen molar-refractivity contribution >= 4 is 17.2 Å². The Balaban J connectivity index is 1.12. The lowest BCUT2D eigenvalue weighted by Crippen LogP contribution is -2.25. The summed E-state index contributed by atoms with van der Waals surface area (Å²) in [5.74, 6) is 1.33. The Morgan fingerprint density at radius 3 is 2.83 bits per heavy atom. The van der Waals surface area contributed by atoms with Crippen LogP contribution in [-0.2, 0) is 17.6 Å². The number of rotatable bonds is 10. The van der Waals surface area contributed by atoms with Crippen LogP contribution in [0, 0.1) is 0 Å². The van der Waals surface area contributed by atoms with E-state index in [0.717, 1.165) is 41.8 Å². The first kappa shape index (κ1) is 20.0. The molecule has 0 saturated carbocycles. The lowest BCUT2D eigenvalue weighted by atomic mass is 10.2. The number of amides is 1. The van der Waals surface area contributed by atoms with Gasteiger partial charge in [-0.1, -0.05) is 35.8 Å². The summed E-state index contributed by atoms with van der Waals surface area (Å²) in [6, 6.07) is 13.8. The van der Waals surface area contributed by atoms with Crippen molar-refractivity contribution in [2.75, 3.05) is 6.54 Å². The fourth-order valence-electron chi connectivity index (χ4n) is 3.09. The van der Waals surface area contributed by atoms with Gasteiger partial charge in [0.15, 0.2) is 0 Å². The number of nitrogens with one attached hydrogen (secondary N) is 1. The van der Waals surface area contributed by atoms with Crippen LogP contribution in [-0.4, -0.2) is 32.4 Å². The van der Waals surface area contributed by atoms with E-state index in [2.05, 4.69) is 20.6 Å². The van der Waals surface area contributed by atoms with Crippen LogP contribution < -0.4 is 5.32 Å². The molecule has 0 aliphatic carbocycles. The predicted octanol–water partition coefficient (Wildman–Crippen LogP) is 4.06. The fourth-order valence-corrected chi connectivity index (χ4v) is 3.74. The van der Waals surface area contributed by atoms with Crippen molar-refractivity contribution in [2.24, 2.45) is 0 Å². The molecule has 0 aliphatic heterocycles. The number of aryl methyl sites for hydroxylation is 1. The van der Waals surface area contributed by atoms with E-state index in [-0.39, 0.29) is 5.91 Å². The van der Waals surface area contributed by atoms with E-state index in [1.807, 2.05) is 54.0 Å². The predicted molar refractivity (Wildman–Crippen MR) is 115 cm³/mol. The van der Waals surface area contributed by atoms with E-state index >= 15 is 0 Å². The number of unbranched alkanes of at least 4 members (excludes halogenated alkanes) is 2.